The molecule has 0 fully saturated rings. The Morgan fingerprint density at radius 2 is 1.69 bits per heavy atom. The normalized spacial score (nSPS) is 13.1. The maximum atomic E-state index is 13.3. The summed E-state index contributed by atoms with van der Waals surface area (Å²) in [6.45, 7) is 7.67. The maximum Gasteiger partial charge on any atom is 0.242 e. The number of amides is 2. The lowest BCUT2D eigenvalue weighted by molar-refractivity contribution is -0.140. The molecule has 2 rings (SSSR count). The Morgan fingerprint density at radius 1 is 1.06 bits per heavy atom. The second-order valence-electron chi connectivity index (χ2n) is 8.96. The molecule has 0 spiro atoms. The van der Waals surface area contributed by atoms with E-state index in [-0.39, 0.29) is 43.8 Å². The van der Waals surface area contributed by atoms with Gasteiger partial charge in [0.05, 0.1) is 11.9 Å². The van der Waals surface area contributed by atoms with Gasteiger partial charge >= 0.3 is 0 Å². The smallest absolute Gasteiger partial charge is 0.242 e. The highest BCUT2D eigenvalue weighted by Crippen LogP contribution is 2.28. The summed E-state index contributed by atoms with van der Waals surface area (Å²) in [7, 11) is -3.60. The van der Waals surface area contributed by atoms with E-state index in [9.17, 15) is 18.0 Å². The van der Waals surface area contributed by atoms with Gasteiger partial charge in [-0.05, 0) is 69.0 Å². The first-order valence-corrected chi connectivity index (χ1v) is 14.5. The van der Waals surface area contributed by atoms with E-state index in [1.54, 1.807) is 44.2 Å². The van der Waals surface area contributed by atoms with E-state index in [1.165, 1.54) is 9.21 Å². The highest BCUT2D eigenvalue weighted by atomic mass is 35.5. The van der Waals surface area contributed by atoms with Crippen molar-refractivity contribution in [3.05, 3.63) is 63.6 Å². The first-order chi connectivity index (χ1) is 16.8. The fourth-order valence-corrected chi connectivity index (χ4v) is 4.99. The van der Waals surface area contributed by atoms with Crippen LogP contribution in [0, 0.1) is 6.92 Å². The number of sulfonamides is 1. The van der Waals surface area contributed by atoms with Gasteiger partial charge in [-0.15, -0.1) is 0 Å². The van der Waals surface area contributed by atoms with Crippen molar-refractivity contribution in [1.29, 1.82) is 0 Å². The molecular formula is C26H35Cl2N3O4S. The van der Waals surface area contributed by atoms with Crippen molar-refractivity contribution in [3.63, 3.8) is 0 Å². The van der Waals surface area contributed by atoms with Gasteiger partial charge in [-0.1, -0.05) is 48.3 Å². The van der Waals surface area contributed by atoms with Crippen LogP contribution in [0.2, 0.25) is 10.0 Å². The van der Waals surface area contributed by atoms with Crippen molar-refractivity contribution in [2.45, 2.75) is 65.6 Å². The summed E-state index contributed by atoms with van der Waals surface area (Å²) in [4.78, 5) is 27.7. The summed E-state index contributed by atoms with van der Waals surface area (Å²) < 4.78 is 26.3. The van der Waals surface area contributed by atoms with Gasteiger partial charge in [-0.2, -0.15) is 0 Å². The summed E-state index contributed by atoms with van der Waals surface area (Å²) in [6.07, 6.45) is 2.24. The lowest BCUT2D eigenvalue weighted by Gasteiger charge is -2.30. The molecule has 0 aromatic heterocycles. The van der Waals surface area contributed by atoms with Crippen LogP contribution >= 0.6 is 23.2 Å². The summed E-state index contributed by atoms with van der Waals surface area (Å²) >= 11 is 12.2. The third-order valence-corrected chi connectivity index (χ3v) is 7.94. The Hall–Kier alpha value is -2.29. The number of rotatable bonds is 12. The first kappa shape index (κ1) is 29.9. The van der Waals surface area contributed by atoms with Crippen molar-refractivity contribution < 1.29 is 18.0 Å². The highest BCUT2D eigenvalue weighted by Gasteiger charge is 2.27. The van der Waals surface area contributed by atoms with Crippen molar-refractivity contribution >= 4 is 50.7 Å². The van der Waals surface area contributed by atoms with E-state index in [0.29, 0.717) is 21.3 Å². The third-order valence-electron chi connectivity index (χ3n) is 6.09. The predicted molar refractivity (Wildman–Crippen MR) is 147 cm³/mol. The van der Waals surface area contributed by atoms with Gasteiger partial charge in [0.25, 0.3) is 0 Å². The average Bonchev–Trinajstić information content (AvgIpc) is 2.82. The fourth-order valence-electron chi connectivity index (χ4n) is 3.68. The molecule has 7 nitrogen and oxygen atoms in total. The molecule has 0 bridgehead atoms. The quantitative estimate of drug-likeness (QED) is 0.391. The monoisotopic (exact) mass is 555 g/mol. The lowest BCUT2D eigenvalue weighted by Crippen LogP contribution is -2.49. The largest absolute Gasteiger partial charge is 0.352 e. The Morgan fingerprint density at radius 3 is 2.28 bits per heavy atom. The van der Waals surface area contributed by atoms with E-state index >= 15 is 0 Å². The molecule has 0 heterocycles. The minimum absolute atomic E-state index is 0.0170. The average molecular weight is 557 g/mol. The lowest BCUT2D eigenvalue weighted by atomic mass is 10.1. The molecule has 2 amide bonds. The van der Waals surface area contributed by atoms with Crippen LogP contribution in [0.1, 0.15) is 51.2 Å². The predicted octanol–water partition coefficient (Wildman–Crippen LogP) is 5.18. The van der Waals surface area contributed by atoms with E-state index < -0.39 is 16.1 Å². The molecule has 0 saturated carbocycles. The second-order valence-corrected chi connectivity index (χ2v) is 11.7. The number of hydrogen-bond acceptors (Lipinski definition) is 4. The summed E-state index contributed by atoms with van der Waals surface area (Å²) in [5, 5.41) is 3.98. The molecule has 0 radical (unpaired) electrons. The molecule has 0 unspecified atom stereocenters. The number of anilines is 1. The van der Waals surface area contributed by atoms with Crippen molar-refractivity contribution in [3.8, 4) is 0 Å². The summed E-state index contributed by atoms with van der Waals surface area (Å²) in [6, 6.07) is 11.5. The van der Waals surface area contributed by atoms with E-state index in [4.69, 9.17) is 23.2 Å². The first-order valence-electron chi connectivity index (χ1n) is 11.9. The van der Waals surface area contributed by atoms with E-state index in [0.717, 1.165) is 18.2 Å². The van der Waals surface area contributed by atoms with Gasteiger partial charge in [0.1, 0.15) is 6.04 Å². The number of hydrogen-bond donors (Lipinski definition) is 1. The van der Waals surface area contributed by atoms with Gasteiger partial charge in [0.15, 0.2) is 0 Å². The maximum absolute atomic E-state index is 13.3. The van der Waals surface area contributed by atoms with E-state index in [2.05, 4.69) is 5.32 Å². The Balaban J connectivity index is 2.20. The van der Waals surface area contributed by atoms with Crippen LogP contribution in [-0.4, -0.2) is 50.0 Å². The summed E-state index contributed by atoms with van der Waals surface area (Å²) in [5.41, 5.74) is 1.97. The number of nitrogens with zero attached hydrogens (tertiary/aromatic N) is 2. The Labute approximate surface area is 224 Å². The van der Waals surface area contributed by atoms with Crippen LogP contribution in [0.25, 0.3) is 0 Å². The van der Waals surface area contributed by atoms with Crippen molar-refractivity contribution in [1.82, 2.24) is 10.2 Å². The number of nitrogens with one attached hydrogen (secondary N) is 1. The van der Waals surface area contributed by atoms with Gasteiger partial charge in [-0.25, -0.2) is 8.42 Å². The molecule has 0 aliphatic heterocycles. The van der Waals surface area contributed by atoms with Crippen molar-refractivity contribution in [2.75, 3.05) is 17.1 Å². The van der Waals surface area contributed by atoms with E-state index in [1.807, 2.05) is 26.0 Å². The standard InChI is InChI=1S/C26H35Cl2N3O4S/c1-6-18(2)29-26(33)20(4)30(17-21-12-14-22(27)15-13-21)25(32)11-8-16-31(36(5,34)35)24-10-7-9-23(28)19(24)3/h7,9-10,12-15,18,20H,6,8,11,16-17H2,1-5H3,(H,29,33)/t18-,20-/m1/s1. The minimum Gasteiger partial charge on any atom is -0.352 e. The van der Waals surface area contributed by atoms with Gasteiger partial charge in [-0.3, -0.25) is 13.9 Å². The Kier molecular flexibility index (Phi) is 11.1. The zero-order valence-electron chi connectivity index (χ0n) is 21.4. The summed E-state index contributed by atoms with van der Waals surface area (Å²) in [5.74, 6) is -0.480. The Bertz CT molecular complexity index is 1160. The van der Waals surface area contributed by atoms with Crippen LogP contribution in [0.5, 0.6) is 0 Å². The SMILES string of the molecule is CC[C@@H](C)NC(=O)[C@@H](C)N(Cc1ccc(Cl)cc1)C(=O)CCCN(c1cccc(Cl)c1C)S(C)(=O)=O. The minimum atomic E-state index is -3.60. The topological polar surface area (TPSA) is 86.8 Å². The fraction of sp³-hybridized carbons (Fsp3) is 0.462. The van der Waals surface area contributed by atoms with Crippen LogP contribution in [0.15, 0.2) is 42.5 Å². The van der Waals surface area contributed by atoms with Crippen molar-refractivity contribution in [2.24, 2.45) is 0 Å². The number of benzene rings is 2. The van der Waals surface area contributed by atoms with Gasteiger partial charge in [0, 0.05) is 35.6 Å². The van der Waals surface area contributed by atoms with Gasteiger partial charge < -0.3 is 10.2 Å². The molecule has 2 aromatic rings. The molecule has 2 atom stereocenters. The number of halogens is 2. The molecule has 0 aliphatic rings. The molecule has 10 heteroatoms. The van der Waals surface area contributed by atoms with Crippen LogP contribution in [-0.2, 0) is 26.2 Å². The molecular weight excluding hydrogens is 521 g/mol. The van der Waals surface area contributed by atoms with Crippen LogP contribution in [0.3, 0.4) is 0 Å². The molecule has 1 N–H and O–H groups in total. The molecule has 36 heavy (non-hydrogen) atoms. The molecule has 198 valence electrons. The zero-order chi connectivity index (χ0) is 27.0. The third kappa shape index (κ3) is 8.39. The van der Waals surface area contributed by atoms with Gasteiger partial charge in [0.2, 0.25) is 21.8 Å². The number of carbonyl (C=O) groups is 2. The molecule has 0 saturated heterocycles. The second kappa shape index (κ2) is 13.3. The van der Waals surface area contributed by atoms with Crippen LogP contribution in [0.4, 0.5) is 5.69 Å². The highest BCUT2D eigenvalue weighted by molar-refractivity contribution is 7.92. The molecule has 2 aromatic carbocycles. The molecule has 0 aliphatic carbocycles. The van der Waals surface area contributed by atoms with Crippen LogP contribution < -0.4 is 9.62 Å². The number of carbonyl (C=O) groups excluding carboxylic acids is 2. The zero-order valence-corrected chi connectivity index (χ0v) is 23.8.